The van der Waals surface area contributed by atoms with E-state index < -0.39 is 0 Å². The number of halogens is 1. The van der Waals surface area contributed by atoms with E-state index in [9.17, 15) is 9.18 Å². The highest BCUT2D eigenvalue weighted by molar-refractivity contribution is 5.96. The molecule has 128 valence electrons. The van der Waals surface area contributed by atoms with Crippen molar-refractivity contribution in [3.05, 3.63) is 35.8 Å². The summed E-state index contributed by atoms with van der Waals surface area (Å²) in [4.78, 5) is 12.6. The first-order valence-corrected chi connectivity index (χ1v) is 8.30. The normalized spacial score (nSPS) is 15.5. The summed E-state index contributed by atoms with van der Waals surface area (Å²) >= 11 is 0. The number of carbonyl (C=O) groups is 1. The molecule has 24 heavy (non-hydrogen) atoms. The molecule has 5 nitrogen and oxygen atoms in total. The molecule has 1 aromatic carbocycles. The van der Waals surface area contributed by atoms with E-state index in [1.54, 1.807) is 16.8 Å². The van der Waals surface area contributed by atoms with Crippen LogP contribution in [0.25, 0.3) is 11.1 Å². The minimum absolute atomic E-state index is 0.00712. The first-order valence-electron chi connectivity index (χ1n) is 8.30. The van der Waals surface area contributed by atoms with Crippen molar-refractivity contribution in [3.8, 4) is 11.1 Å². The Morgan fingerprint density at radius 3 is 2.62 bits per heavy atom. The molecule has 1 amide bonds. The van der Waals surface area contributed by atoms with Crippen LogP contribution in [-0.4, -0.2) is 28.9 Å². The summed E-state index contributed by atoms with van der Waals surface area (Å²) in [6.07, 6.45) is 2.19. The highest BCUT2D eigenvalue weighted by Crippen LogP contribution is 2.32. The summed E-state index contributed by atoms with van der Waals surface area (Å²) in [5.41, 5.74) is 2.59. The number of amides is 1. The maximum atomic E-state index is 13.2. The summed E-state index contributed by atoms with van der Waals surface area (Å²) in [6.45, 7) is 3.25. The molecule has 1 saturated heterocycles. The lowest BCUT2D eigenvalue weighted by atomic mass is 9.99. The standard InChI is InChI=1S/C18H22FN3O2/c1-3-15-16(12-4-6-14(19)7-5-12)17(22(2)21-15)20-18(23)13-8-10-24-11-9-13/h4-7,13H,3,8-11H2,1-2H3,(H,20,23). The molecule has 1 aliphatic rings. The summed E-state index contributed by atoms with van der Waals surface area (Å²) in [6, 6.07) is 6.28. The van der Waals surface area contributed by atoms with Gasteiger partial charge >= 0.3 is 0 Å². The van der Waals surface area contributed by atoms with Crippen LogP contribution in [-0.2, 0) is 23.0 Å². The predicted molar refractivity (Wildman–Crippen MR) is 90.2 cm³/mol. The number of anilines is 1. The fourth-order valence-electron chi connectivity index (χ4n) is 3.07. The fourth-order valence-corrected chi connectivity index (χ4v) is 3.07. The van der Waals surface area contributed by atoms with Gasteiger partial charge in [-0.05, 0) is 37.0 Å². The highest BCUT2D eigenvalue weighted by atomic mass is 19.1. The van der Waals surface area contributed by atoms with Crippen molar-refractivity contribution in [3.63, 3.8) is 0 Å². The number of hydrogen-bond acceptors (Lipinski definition) is 3. The van der Waals surface area contributed by atoms with Gasteiger partial charge in [-0.15, -0.1) is 0 Å². The predicted octanol–water partition coefficient (Wildman–Crippen LogP) is 3.15. The van der Waals surface area contributed by atoms with E-state index in [1.165, 1.54) is 12.1 Å². The molecule has 0 saturated carbocycles. The SMILES string of the molecule is CCc1nn(C)c(NC(=O)C2CCOCC2)c1-c1ccc(F)cc1. The number of nitrogens with one attached hydrogen (secondary N) is 1. The molecule has 1 N–H and O–H groups in total. The Morgan fingerprint density at radius 2 is 2.00 bits per heavy atom. The lowest BCUT2D eigenvalue weighted by Gasteiger charge is -2.21. The third kappa shape index (κ3) is 3.33. The van der Waals surface area contributed by atoms with Gasteiger partial charge in [-0.25, -0.2) is 4.39 Å². The average molecular weight is 331 g/mol. The first-order chi connectivity index (χ1) is 11.6. The van der Waals surface area contributed by atoms with Crippen molar-refractivity contribution in [1.29, 1.82) is 0 Å². The minimum Gasteiger partial charge on any atom is -0.381 e. The topological polar surface area (TPSA) is 56.2 Å². The lowest BCUT2D eigenvalue weighted by Crippen LogP contribution is -2.29. The molecule has 0 spiro atoms. The van der Waals surface area contributed by atoms with Crippen LogP contribution < -0.4 is 5.32 Å². The van der Waals surface area contributed by atoms with Crippen LogP contribution >= 0.6 is 0 Å². The Hall–Kier alpha value is -2.21. The van der Waals surface area contributed by atoms with Gasteiger partial charge in [-0.1, -0.05) is 19.1 Å². The fraction of sp³-hybridized carbons (Fsp3) is 0.444. The third-order valence-electron chi connectivity index (χ3n) is 4.42. The van der Waals surface area contributed by atoms with Crippen molar-refractivity contribution < 1.29 is 13.9 Å². The number of aromatic nitrogens is 2. The summed E-state index contributed by atoms with van der Waals surface area (Å²) < 4.78 is 20.2. The van der Waals surface area contributed by atoms with Gasteiger partial charge in [-0.3, -0.25) is 9.48 Å². The van der Waals surface area contributed by atoms with Crippen LogP contribution in [0, 0.1) is 11.7 Å². The molecule has 1 aromatic heterocycles. The quantitative estimate of drug-likeness (QED) is 0.936. The molecule has 3 rings (SSSR count). The Morgan fingerprint density at radius 1 is 1.33 bits per heavy atom. The van der Waals surface area contributed by atoms with E-state index >= 15 is 0 Å². The number of hydrogen-bond donors (Lipinski definition) is 1. The van der Waals surface area contributed by atoms with E-state index in [-0.39, 0.29) is 17.6 Å². The van der Waals surface area contributed by atoms with Gasteiger partial charge < -0.3 is 10.1 Å². The number of rotatable bonds is 4. The second kappa shape index (κ2) is 7.13. The molecule has 2 heterocycles. The molecule has 0 bridgehead atoms. The van der Waals surface area contributed by atoms with E-state index in [2.05, 4.69) is 10.4 Å². The zero-order valence-corrected chi connectivity index (χ0v) is 14.0. The van der Waals surface area contributed by atoms with Crippen LogP contribution in [0.15, 0.2) is 24.3 Å². The van der Waals surface area contributed by atoms with Crippen LogP contribution in [0.3, 0.4) is 0 Å². The van der Waals surface area contributed by atoms with Gasteiger partial charge in [0.1, 0.15) is 11.6 Å². The molecule has 0 aliphatic carbocycles. The monoisotopic (exact) mass is 331 g/mol. The molecular formula is C18H22FN3O2. The molecule has 1 aliphatic heterocycles. The van der Waals surface area contributed by atoms with Crippen LogP contribution in [0.2, 0.25) is 0 Å². The second-order valence-electron chi connectivity index (χ2n) is 6.03. The lowest BCUT2D eigenvalue weighted by molar-refractivity contribution is -0.122. The molecule has 0 unspecified atom stereocenters. The van der Waals surface area contributed by atoms with Crippen molar-refractivity contribution >= 4 is 11.7 Å². The summed E-state index contributed by atoms with van der Waals surface area (Å²) in [7, 11) is 1.81. The Labute approximate surface area is 140 Å². The minimum atomic E-state index is -0.284. The molecule has 0 radical (unpaired) electrons. The van der Waals surface area contributed by atoms with Crippen LogP contribution in [0.4, 0.5) is 10.2 Å². The molecule has 6 heteroatoms. The number of nitrogens with zero attached hydrogens (tertiary/aromatic N) is 2. The second-order valence-corrected chi connectivity index (χ2v) is 6.03. The number of aryl methyl sites for hydroxylation is 2. The van der Waals surface area contributed by atoms with Gasteiger partial charge in [-0.2, -0.15) is 5.10 Å². The average Bonchev–Trinajstić information content (AvgIpc) is 2.92. The highest BCUT2D eigenvalue weighted by Gasteiger charge is 2.25. The number of carbonyl (C=O) groups excluding carboxylic acids is 1. The Balaban J connectivity index is 1.93. The number of ether oxygens (including phenoxy) is 1. The van der Waals surface area contributed by atoms with Crippen LogP contribution in [0.5, 0.6) is 0 Å². The van der Waals surface area contributed by atoms with E-state index in [4.69, 9.17) is 4.74 Å². The van der Waals surface area contributed by atoms with Gasteiger partial charge in [0.2, 0.25) is 5.91 Å². The zero-order chi connectivity index (χ0) is 17.1. The van der Waals surface area contributed by atoms with Gasteiger partial charge in [0.05, 0.1) is 5.69 Å². The van der Waals surface area contributed by atoms with Crippen molar-refractivity contribution in [2.45, 2.75) is 26.2 Å². The zero-order valence-electron chi connectivity index (χ0n) is 14.0. The maximum absolute atomic E-state index is 13.2. The maximum Gasteiger partial charge on any atom is 0.228 e. The largest absolute Gasteiger partial charge is 0.381 e. The molecular weight excluding hydrogens is 309 g/mol. The third-order valence-corrected chi connectivity index (χ3v) is 4.42. The van der Waals surface area contributed by atoms with E-state index in [1.807, 2.05) is 14.0 Å². The first kappa shape index (κ1) is 16.6. The van der Waals surface area contributed by atoms with E-state index in [0.29, 0.717) is 19.0 Å². The van der Waals surface area contributed by atoms with Crippen molar-refractivity contribution in [1.82, 2.24) is 9.78 Å². The van der Waals surface area contributed by atoms with Crippen molar-refractivity contribution in [2.75, 3.05) is 18.5 Å². The Kier molecular flexibility index (Phi) is 4.94. The Bertz CT molecular complexity index is 719. The van der Waals surface area contributed by atoms with E-state index in [0.717, 1.165) is 36.1 Å². The summed E-state index contributed by atoms with van der Waals surface area (Å²) in [5.74, 6) is 0.329. The van der Waals surface area contributed by atoms with Crippen LogP contribution in [0.1, 0.15) is 25.5 Å². The smallest absolute Gasteiger partial charge is 0.228 e. The number of benzene rings is 1. The van der Waals surface area contributed by atoms with Gasteiger partial charge in [0.15, 0.2) is 0 Å². The van der Waals surface area contributed by atoms with Gasteiger partial charge in [0.25, 0.3) is 0 Å². The molecule has 0 atom stereocenters. The molecule has 2 aromatic rings. The summed E-state index contributed by atoms with van der Waals surface area (Å²) in [5, 5.41) is 7.54. The van der Waals surface area contributed by atoms with Crippen molar-refractivity contribution in [2.24, 2.45) is 13.0 Å². The van der Waals surface area contributed by atoms with Gasteiger partial charge in [0, 0.05) is 31.7 Å². The molecule has 1 fully saturated rings.